The van der Waals surface area contributed by atoms with Gasteiger partial charge in [-0.1, -0.05) is 112 Å². The van der Waals surface area contributed by atoms with Crippen LogP contribution in [0.1, 0.15) is 112 Å². The van der Waals surface area contributed by atoms with Crippen LogP contribution in [0.15, 0.2) is 0 Å². The molecule has 0 aromatic rings. The molecule has 0 aliphatic carbocycles. The molecular formula is C20H45N. The molecule has 0 saturated carbocycles. The fourth-order valence-electron chi connectivity index (χ4n) is 2.59. The topological polar surface area (TPSA) is 3.24 Å². The van der Waals surface area contributed by atoms with Gasteiger partial charge in [0.05, 0.1) is 0 Å². The van der Waals surface area contributed by atoms with Gasteiger partial charge in [0.15, 0.2) is 0 Å². The third kappa shape index (κ3) is 22.4. The molecule has 0 spiro atoms. The second-order valence-corrected chi connectivity index (χ2v) is 6.16. The third-order valence-electron chi connectivity index (χ3n) is 4.30. The Balaban J connectivity index is 0. The molecule has 0 aliphatic heterocycles. The number of nitrogens with zero attached hydrogens (tertiary/aromatic N) is 1. The molecule has 21 heavy (non-hydrogen) atoms. The number of hydrogen-bond acceptors (Lipinski definition) is 1. The lowest BCUT2D eigenvalue weighted by molar-refractivity contribution is 0.321. The van der Waals surface area contributed by atoms with E-state index in [0.29, 0.717) is 0 Å². The Hall–Kier alpha value is -0.0400. The van der Waals surface area contributed by atoms with E-state index in [1.54, 1.807) is 0 Å². The van der Waals surface area contributed by atoms with Gasteiger partial charge in [-0.3, -0.25) is 0 Å². The maximum absolute atomic E-state index is 2.38. The van der Waals surface area contributed by atoms with Gasteiger partial charge < -0.3 is 4.90 Å². The van der Waals surface area contributed by atoms with E-state index in [1.807, 2.05) is 0 Å². The zero-order chi connectivity index (χ0) is 16.2. The molecule has 0 fully saturated rings. The van der Waals surface area contributed by atoms with Crippen molar-refractivity contribution >= 4 is 0 Å². The van der Waals surface area contributed by atoms with Crippen molar-refractivity contribution in [2.75, 3.05) is 19.6 Å². The second kappa shape index (κ2) is 22.2. The van der Waals surface area contributed by atoms with Crippen LogP contribution in [0.4, 0.5) is 0 Å². The van der Waals surface area contributed by atoms with Crippen LogP contribution >= 0.6 is 0 Å². The second-order valence-electron chi connectivity index (χ2n) is 6.16. The summed E-state index contributed by atoms with van der Waals surface area (Å²) in [5.41, 5.74) is 0. The largest absolute Gasteiger partial charge is 0.304 e. The predicted octanol–water partition coefficient (Wildman–Crippen LogP) is 7.06. The van der Waals surface area contributed by atoms with Gasteiger partial charge in [0.25, 0.3) is 0 Å². The van der Waals surface area contributed by atoms with Crippen LogP contribution in [-0.4, -0.2) is 24.5 Å². The van der Waals surface area contributed by atoms with Crippen molar-refractivity contribution < 1.29 is 0 Å². The molecule has 0 unspecified atom stereocenters. The summed E-state index contributed by atoms with van der Waals surface area (Å²) in [4.78, 5) is 2.38. The number of hydrogen-bond donors (Lipinski definition) is 0. The Bertz CT molecular complexity index is 134. The zero-order valence-corrected chi connectivity index (χ0v) is 16.1. The predicted molar refractivity (Wildman–Crippen MR) is 100 cm³/mol. The van der Waals surface area contributed by atoms with Crippen LogP contribution in [0.25, 0.3) is 0 Å². The van der Waals surface area contributed by atoms with E-state index in [9.17, 15) is 0 Å². The summed E-state index contributed by atoms with van der Waals surface area (Å²) in [6.45, 7) is 14.7. The summed E-state index contributed by atoms with van der Waals surface area (Å²) >= 11 is 0. The molecule has 0 bridgehead atoms. The summed E-state index contributed by atoms with van der Waals surface area (Å²) in [6, 6.07) is 0. The highest BCUT2D eigenvalue weighted by Gasteiger charge is 1.91. The van der Waals surface area contributed by atoms with Crippen LogP contribution in [-0.2, 0) is 0 Å². The maximum Gasteiger partial charge on any atom is -0.00474 e. The van der Waals surface area contributed by atoms with Gasteiger partial charge >= 0.3 is 0 Å². The summed E-state index contributed by atoms with van der Waals surface area (Å²) in [5, 5.41) is 0. The van der Waals surface area contributed by atoms with E-state index in [1.165, 1.54) is 96.7 Å². The first-order valence-electron chi connectivity index (χ1n) is 9.98. The Morgan fingerprint density at radius 1 is 0.381 bits per heavy atom. The van der Waals surface area contributed by atoms with Crippen LogP contribution in [0.3, 0.4) is 0 Å². The van der Waals surface area contributed by atoms with Crippen LogP contribution < -0.4 is 0 Å². The number of rotatable bonds is 14. The highest BCUT2D eigenvalue weighted by Crippen LogP contribution is 2.11. The van der Waals surface area contributed by atoms with Crippen LogP contribution in [0.2, 0.25) is 0 Å². The minimum atomic E-state index is 1.19. The standard InChI is InChI=1S/C14H30.C6H15N/c1-3-5-7-9-11-13-14-12-10-8-6-4-2;1-4-7(5-2)6-3/h3-14H2,1-2H3;4-6H2,1-3H3. The van der Waals surface area contributed by atoms with Crippen molar-refractivity contribution in [3.63, 3.8) is 0 Å². The highest BCUT2D eigenvalue weighted by molar-refractivity contribution is 4.47. The van der Waals surface area contributed by atoms with Gasteiger partial charge in [-0.05, 0) is 19.6 Å². The van der Waals surface area contributed by atoms with Crippen molar-refractivity contribution in [2.24, 2.45) is 0 Å². The van der Waals surface area contributed by atoms with E-state index in [0.717, 1.165) is 0 Å². The van der Waals surface area contributed by atoms with E-state index in [2.05, 4.69) is 39.5 Å². The SMILES string of the molecule is CCCCCCCCCCCCCC.CCN(CC)CC. The van der Waals surface area contributed by atoms with Crippen molar-refractivity contribution in [1.29, 1.82) is 0 Å². The fraction of sp³-hybridized carbons (Fsp3) is 1.00. The molecule has 1 heteroatoms. The quantitative estimate of drug-likeness (QED) is 0.310. The minimum Gasteiger partial charge on any atom is -0.304 e. The molecule has 0 heterocycles. The molecule has 0 amide bonds. The molecule has 0 aromatic heterocycles. The molecule has 0 N–H and O–H groups in total. The molecule has 1 nitrogen and oxygen atoms in total. The first kappa shape index (κ1) is 23.2. The molecule has 130 valence electrons. The molecule has 0 atom stereocenters. The van der Waals surface area contributed by atoms with Crippen molar-refractivity contribution in [2.45, 2.75) is 112 Å². The van der Waals surface area contributed by atoms with E-state index in [4.69, 9.17) is 0 Å². The molecule has 0 aliphatic rings. The number of unbranched alkanes of at least 4 members (excludes halogenated alkanes) is 11. The van der Waals surface area contributed by atoms with Gasteiger partial charge in [0, 0.05) is 0 Å². The van der Waals surface area contributed by atoms with Gasteiger partial charge in [-0.25, -0.2) is 0 Å². The Morgan fingerprint density at radius 2 is 0.619 bits per heavy atom. The normalized spacial score (nSPS) is 10.6. The van der Waals surface area contributed by atoms with E-state index < -0.39 is 0 Å². The van der Waals surface area contributed by atoms with Crippen molar-refractivity contribution in [3.05, 3.63) is 0 Å². The molecule has 0 saturated heterocycles. The van der Waals surface area contributed by atoms with Gasteiger partial charge in [-0.2, -0.15) is 0 Å². The summed E-state index contributed by atoms with van der Waals surface area (Å²) in [6.07, 6.45) is 17.4. The Labute approximate surface area is 136 Å². The average Bonchev–Trinajstić information content (AvgIpc) is 2.52. The van der Waals surface area contributed by atoms with Gasteiger partial charge in [-0.15, -0.1) is 0 Å². The van der Waals surface area contributed by atoms with Crippen molar-refractivity contribution in [3.8, 4) is 0 Å². The zero-order valence-electron chi connectivity index (χ0n) is 16.1. The molecular weight excluding hydrogens is 254 g/mol. The third-order valence-corrected chi connectivity index (χ3v) is 4.30. The Kier molecular flexibility index (Phi) is 24.6. The van der Waals surface area contributed by atoms with Crippen LogP contribution in [0, 0.1) is 0 Å². The lowest BCUT2D eigenvalue weighted by Crippen LogP contribution is -2.21. The average molecular weight is 300 g/mol. The van der Waals surface area contributed by atoms with E-state index >= 15 is 0 Å². The maximum atomic E-state index is 2.38. The highest BCUT2D eigenvalue weighted by atomic mass is 15.1. The van der Waals surface area contributed by atoms with E-state index in [-0.39, 0.29) is 0 Å². The first-order chi connectivity index (χ1) is 10.3. The lowest BCUT2D eigenvalue weighted by atomic mass is 10.1. The van der Waals surface area contributed by atoms with Gasteiger partial charge in [0.1, 0.15) is 0 Å². The molecule has 0 radical (unpaired) electrons. The summed E-state index contributed by atoms with van der Waals surface area (Å²) < 4.78 is 0. The fourth-order valence-corrected chi connectivity index (χ4v) is 2.59. The summed E-state index contributed by atoms with van der Waals surface area (Å²) in [5.74, 6) is 0. The van der Waals surface area contributed by atoms with Crippen molar-refractivity contribution in [1.82, 2.24) is 4.90 Å². The van der Waals surface area contributed by atoms with Crippen LogP contribution in [0.5, 0.6) is 0 Å². The smallest absolute Gasteiger partial charge is 0.00474 e. The Morgan fingerprint density at radius 3 is 0.762 bits per heavy atom. The van der Waals surface area contributed by atoms with Gasteiger partial charge in [0.2, 0.25) is 0 Å². The molecule has 0 aromatic carbocycles. The summed E-state index contributed by atoms with van der Waals surface area (Å²) in [7, 11) is 0. The first-order valence-corrected chi connectivity index (χ1v) is 9.98. The minimum absolute atomic E-state index is 1.19. The monoisotopic (exact) mass is 299 g/mol. The lowest BCUT2D eigenvalue weighted by Gasteiger charge is -2.13. The molecule has 0 rings (SSSR count).